The number of nitrogens with two attached hydrogens (primary N) is 1. The molecule has 14 heavy (non-hydrogen) atoms. The molecule has 1 unspecified atom stereocenters. The Morgan fingerprint density at radius 1 is 1.14 bits per heavy atom. The Bertz CT molecular complexity index is 206. The van der Waals surface area contributed by atoms with Crippen molar-refractivity contribution in [3.8, 4) is 0 Å². The summed E-state index contributed by atoms with van der Waals surface area (Å²) in [5, 5.41) is 0. The molecule has 0 saturated carbocycles. The molecule has 0 radical (unpaired) electrons. The molecule has 1 nitrogen and oxygen atoms in total. The van der Waals surface area contributed by atoms with Gasteiger partial charge in [0.25, 0.3) is 0 Å². The summed E-state index contributed by atoms with van der Waals surface area (Å²) in [6.07, 6.45) is 3.30. The minimum atomic E-state index is 0.331. The van der Waals surface area contributed by atoms with Crippen molar-refractivity contribution in [3.05, 3.63) is 35.9 Å². The van der Waals surface area contributed by atoms with E-state index in [9.17, 15) is 0 Å². The summed E-state index contributed by atoms with van der Waals surface area (Å²) in [6.45, 7) is 6.17. The van der Waals surface area contributed by atoms with E-state index in [1.54, 1.807) is 0 Å². The first-order chi connectivity index (χ1) is 6.83. The smallest absolute Gasteiger partial charge is 0.00792 e. The summed E-state index contributed by atoms with van der Waals surface area (Å²) in [5.41, 5.74) is 7.26. The molecule has 1 rings (SSSR count). The van der Waals surface area contributed by atoms with Gasteiger partial charge in [-0.15, -0.1) is 0 Å². The van der Waals surface area contributed by atoms with Gasteiger partial charge in [0.05, 0.1) is 0 Å². The Morgan fingerprint density at radius 2 is 1.71 bits per heavy atom. The number of hydrogen-bond acceptors (Lipinski definition) is 1. The highest BCUT2D eigenvalue weighted by molar-refractivity contribution is 5.15. The predicted octanol–water partition coefficient (Wildman–Crippen LogP) is 3.38. The standard InChI is InChI=1S/C11H17N.C2H6/c1-2-6-11(12)9-10-7-4-3-5-8-10;1-2/h3-5,7-8,11H,2,6,9,12H2,1H3;1-2H3. The molecule has 2 N–H and O–H groups in total. The minimum Gasteiger partial charge on any atom is -0.327 e. The lowest BCUT2D eigenvalue weighted by Crippen LogP contribution is -2.22. The van der Waals surface area contributed by atoms with Crippen LogP contribution in [-0.4, -0.2) is 6.04 Å². The zero-order valence-corrected chi connectivity index (χ0v) is 9.66. The van der Waals surface area contributed by atoms with Crippen LogP contribution in [0.2, 0.25) is 0 Å². The Labute approximate surface area is 88.3 Å². The van der Waals surface area contributed by atoms with Crippen LogP contribution in [0.1, 0.15) is 39.2 Å². The van der Waals surface area contributed by atoms with Crippen molar-refractivity contribution in [1.82, 2.24) is 0 Å². The van der Waals surface area contributed by atoms with Crippen molar-refractivity contribution in [3.63, 3.8) is 0 Å². The van der Waals surface area contributed by atoms with Crippen LogP contribution in [0.3, 0.4) is 0 Å². The molecular weight excluding hydrogens is 170 g/mol. The fourth-order valence-electron chi connectivity index (χ4n) is 1.39. The van der Waals surface area contributed by atoms with Gasteiger partial charge in [-0.05, 0) is 18.4 Å². The number of hydrogen-bond donors (Lipinski definition) is 1. The topological polar surface area (TPSA) is 26.0 Å². The van der Waals surface area contributed by atoms with E-state index in [1.165, 1.54) is 12.0 Å². The molecule has 0 aromatic heterocycles. The molecule has 0 fully saturated rings. The van der Waals surface area contributed by atoms with E-state index < -0.39 is 0 Å². The molecule has 0 heterocycles. The fraction of sp³-hybridized carbons (Fsp3) is 0.538. The van der Waals surface area contributed by atoms with Gasteiger partial charge in [-0.3, -0.25) is 0 Å². The second kappa shape index (κ2) is 8.76. The van der Waals surface area contributed by atoms with Gasteiger partial charge in [0.15, 0.2) is 0 Å². The largest absolute Gasteiger partial charge is 0.327 e. The first-order valence-electron chi connectivity index (χ1n) is 5.62. The maximum Gasteiger partial charge on any atom is 0.00792 e. The molecule has 0 aliphatic heterocycles. The van der Waals surface area contributed by atoms with Gasteiger partial charge in [0.2, 0.25) is 0 Å². The van der Waals surface area contributed by atoms with Crippen molar-refractivity contribution in [1.29, 1.82) is 0 Å². The van der Waals surface area contributed by atoms with E-state index in [0.29, 0.717) is 6.04 Å². The van der Waals surface area contributed by atoms with Gasteiger partial charge in [-0.2, -0.15) is 0 Å². The van der Waals surface area contributed by atoms with Crippen LogP contribution in [0.5, 0.6) is 0 Å². The van der Waals surface area contributed by atoms with Gasteiger partial charge in [-0.1, -0.05) is 57.5 Å². The van der Waals surface area contributed by atoms with Crippen molar-refractivity contribution in [2.24, 2.45) is 5.73 Å². The first-order valence-corrected chi connectivity index (χ1v) is 5.62. The van der Waals surface area contributed by atoms with Crippen LogP contribution in [0.25, 0.3) is 0 Å². The van der Waals surface area contributed by atoms with Gasteiger partial charge >= 0.3 is 0 Å². The lowest BCUT2D eigenvalue weighted by molar-refractivity contribution is 0.600. The van der Waals surface area contributed by atoms with E-state index in [2.05, 4.69) is 31.2 Å². The molecule has 1 atom stereocenters. The lowest BCUT2D eigenvalue weighted by Gasteiger charge is -2.09. The molecule has 0 spiro atoms. The number of benzene rings is 1. The van der Waals surface area contributed by atoms with Crippen molar-refractivity contribution < 1.29 is 0 Å². The molecule has 0 amide bonds. The van der Waals surface area contributed by atoms with Gasteiger partial charge in [-0.25, -0.2) is 0 Å². The van der Waals surface area contributed by atoms with Crippen molar-refractivity contribution in [2.75, 3.05) is 0 Å². The normalized spacial score (nSPS) is 11.4. The zero-order chi connectivity index (χ0) is 10.8. The van der Waals surface area contributed by atoms with Crippen LogP contribution in [0, 0.1) is 0 Å². The molecule has 1 aromatic rings. The van der Waals surface area contributed by atoms with Crippen molar-refractivity contribution in [2.45, 2.75) is 46.1 Å². The molecule has 0 saturated heterocycles. The molecule has 80 valence electrons. The van der Waals surface area contributed by atoms with E-state index in [0.717, 1.165) is 12.8 Å². The van der Waals surface area contributed by atoms with Crippen LogP contribution in [0.15, 0.2) is 30.3 Å². The monoisotopic (exact) mass is 193 g/mol. The molecular formula is C13H23N. The summed E-state index contributed by atoms with van der Waals surface area (Å²) >= 11 is 0. The maximum atomic E-state index is 5.92. The van der Waals surface area contributed by atoms with Crippen molar-refractivity contribution >= 4 is 0 Å². The Hall–Kier alpha value is -0.820. The zero-order valence-electron chi connectivity index (χ0n) is 9.66. The fourth-order valence-corrected chi connectivity index (χ4v) is 1.39. The van der Waals surface area contributed by atoms with Gasteiger partial charge in [0, 0.05) is 6.04 Å². The van der Waals surface area contributed by atoms with E-state index in [1.807, 2.05) is 19.9 Å². The summed E-state index contributed by atoms with van der Waals surface area (Å²) < 4.78 is 0. The van der Waals surface area contributed by atoms with Gasteiger partial charge in [0.1, 0.15) is 0 Å². The third-order valence-electron chi connectivity index (χ3n) is 2.00. The first kappa shape index (κ1) is 13.2. The summed E-state index contributed by atoms with van der Waals surface area (Å²) in [4.78, 5) is 0. The predicted molar refractivity (Wildman–Crippen MR) is 64.4 cm³/mol. The average Bonchev–Trinajstić information content (AvgIpc) is 2.22. The van der Waals surface area contributed by atoms with Crippen LogP contribution in [-0.2, 0) is 6.42 Å². The average molecular weight is 193 g/mol. The highest BCUT2D eigenvalue weighted by Crippen LogP contribution is 2.04. The summed E-state index contributed by atoms with van der Waals surface area (Å²) in [6, 6.07) is 10.8. The van der Waals surface area contributed by atoms with E-state index in [-0.39, 0.29) is 0 Å². The quantitative estimate of drug-likeness (QED) is 0.779. The third-order valence-corrected chi connectivity index (χ3v) is 2.00. The second-order valence-corrected chi connectivity index (χ2v) is 3.24. The SMILES string of the molecule is CC.CCCC(N)Cc1ccccc1. The van der Waals surface area contributed by atoms with Crippen LogP contribution in [0.4, 0.5) is 0 Å². The molecule has 1 heteroatoms. The Morgan fingerprint density at radius 3 is 2.21 bits per heavy atom. The maximum absolute atomic E-state index is 5.92. The number of rotatable bonds is 4. The lowest BCUT2D eigenvalue weighted by atomic mass is 10.0. The third kappa shape index (κ3) is 5.76. The van der Waals surface area contributed by atoms with Crippen LogP contribution < -0.4 is 5.73 Å². The van der Waals surface area contributed by atoms with Crippen LogP contribution >= 0.6 is 0 Å². The highest BCUT2D eigenvalue weighted by Gasteiger charge is 2.00. The van der Waals surface area contributed by atoms with Gasteiger partial charge < -0.3 is 5.73 Å². The van der Waals surface area contributed by atoms with E-state index >= 15 is 0 Å². The molecule has 0 bridgehead atoms. The van der Waals surface area contributed by atoms with E-state index in [4.69, 9.17) is 5.73 Å². The summed E-state index contributed by atoms with van der Waals surface area (Å²) in [7, 11) is 0. The summed E-state index contributed by atoms with van der Waals surface area (Å²) in [5.74, 6) is 0. The highest BCUT2D eigenvalue weighted by atomic mass is 14.6. The Balaban J connectivity index is 0.000000791. The second-order valence-electron chi connectivity index (χ2n) is 3.24. The molecule has 1 aromatic carbocycles. The molecule has 0 aliphatic rings. The minimum absolute atomic E-state index is 0.331. The molecule has 0 aliphatic carbocycles. The Kier molecular flexibility index (Phi) is 8.25.